The van der Waals surface area contributed by atoms with Crippen LogP contribution in [0.4, 0.5) is 0 Å². The Morgan fingerprint density at radius 2 is 2.56 bits per heavy atom. The van der Waals surface area contributed by atoms with E-state index in [-0.39, 0.29) is 5.91 Å². The first-order valence-electron chi connectivity index (χ1n) is 5.69. The second-order valence-electron chi connectivity index (χ2n) is 4.26. The Balaban J connectivity index is 2.12. The van der Waals surface area contributed by atoms with Crippen LogP contribution in [0.15, 0.2) is 6.20 Å². The zero-order valence-electron chi connectivity index (χ0n) is 9.79. The molecular weight excluding hydrogens is 204 g/mol. The number of rotatable bonds is 3. The van der Waals surface area contributed by atoms with Gasteiger partial charge in [-0.25, -0.2) is 0 Å². The highest BCUT2D eigenvalue weighted by molar-refractivity contribution is 5.95. The van der Waals surface area contributed by atoms with Crippen molar-refractivity contribution in [3.05, 3.63) is 17.5 Å². The standard InChI is InChI=1S/C11H18N4O/c1-8-10(7-13-14-8)11(16)15-5-3-4-9(15)6-12-2/h7,9,12H,3-6H2,1-2H3,(H,13,14). The van der Waals surface area contributed by atoms with Crippen molar-refractivity contribution in [3.63, 3.8) is 0 Å². The van der Waals surface area contributed by atoms with Crippen LogP contribution < -0.4 is 5.32 Å². The minimum Gasteiger partial charge on any atom is -0.334 e. The van der Waals surface area contributed by atoms with Gasteiger partial charge < -0.3 is 10.2 Å². The molecule has 2 rings (SSSR count). The molecule has 0 radical (unpaired) electrons. The smallest absolute Gasteiger partial charge is 0.257 e. The highest BCUT2D eigenvalue weighted by atomic mass is 16.2. The van der Waals surface area contributed by atoms with Gasteiger partial charge in [-0.05, 0) is 26.8 Å². The zero-order chi connectivity index (χ0) is 11.5. The number of likely N-dealkylation sites (N-methyl/N-ethyl adjacent to an activating group) is 1. The molecule has 0 aromatic carbocycles. The zero-order valence-corrected chi connectivity index (χ0v) is 9.79. The fourth-order valence-electron chi connectivity index (χ4n) is 2.27. The van der Waals surface area contributed by atoms with E-state index < -0.39 is 0 Å². The van der Waals surface area contributed by atoms with Gasteiger partial charge in [-0.3, -0.25) is 9.89 Å². The summed E-state index contributed by atoms with van der Waals surface area (Å²) in [6.07, 6.45) is 3.80. The molecule has 5 nitrogen and oxygen atoms in total. The lowest BCUT2D eigenvalue weighted by molar-refractivity contribution is 0.0736. The van der Waals surface area contributed by atoms with Crippen molar-refractivity contribution in [3.8, 4) is 0 Å². The lowest BCUT2D eigenvalue weighted by Gasteiger charge is -2.24. The third-order valence-corrected chi connectivity index (χ3v) is 3.14. The number of carbonyl (C=O) groups is 1. The van der Waals surface area contributed by atoms with Crippen molar-refractivity contribution < 1.29 is 4.79 Å². The van der Waals surface area contributed by atoms with Crippen LogP contribution in [0.25, 0.3) is 0 Å². The number of likely N-dealkylation sites (tertiary alicyclic amines) is 1. The molecule has 1 saturated heterocycles. The maximum absolute atomic E-state index is 12.3. The summed E-state index contributed by atoms with van der Waals surface area (Å²) in [6.45, 7) is 3.60. The molecule has 1 fully saturated rings. The molecule has 1 aromatic heterocycles. The van der Waals surface area contributed by atoms with Gasteiger partial charge in [0.05, 0.1) is 11.8 Å². The van der Waals surface area contributed by atoms with Crippen LogP contribution in [0.1, 0.15) is 28.9 Å². The van der Waals surface area contributed by atoms with Crippen LogP contribution in [0.3, 0.4) is 0 Å². The Labute approximate surface area is 95.2 Å². The highest BCUT2D eigenvalue weighted by Gasteiger charge is 2.29. The summed E-state index contributed by atoms with van der Waals surface area (Å²) in [5.41, 5.74) is 1.54. The number of H-pyrrole nitrogens is 1. The molecule has 1 aliphatic heterocycles. The summed E-state index contributed by atoms with van der Waals surface area (Å²) < 4.78 is 0. The molecule has 16 heavy (non-hydrogen) atoms. The lowest BCUT2D eigenvalue weighted by Crippen LogP contribution is -2.40. The predicted molar refractivity (Wildman–Crippen MR) is 61.3 cm³/mol. The minimum absolute atomic E-state index is 0.101. The summed E-state index contributed by atoms with van der Waals surface area (Å²) in [6, 6.07) is 0.326. The van der Waals surface area contributed by atoms with E-state index in [1.165, 1.54) is 0 Å². The number of hydrogen-bond donors (Lipinski definition) is 2. The summed E-state index contributed by atoms with van der Waals surface area (Å²) in [5.74, 6) is 0.101. The molecule has 2 N–H and O–H groups in total. The molecule has 0 bridgehead atoms. The maximum atomic E-state index is 12.3. The van der Waals surface area contributed by atoms with Gasteiger partial charge >= 0.3 is 0 Å². The fourth-order valence-corrected chi connectivity index (χ4v) is 2.27. The first-order valence-corrected chi connectivity index (χ1v) is 5.69. The Morgan fingerprint density at radius 3 is 3.19 bits per heavy atom. The van der Waals surface area contributed by atoms with Crippen molar-refractivity contribution in [2.75, 3.05) is 20.1 Å². The van der Waals surface area contributed by atoms with Gasteiger partial charge in [0.1, 0.15) is 0 Å². The number of aromatic amines is 1. The van der Waals surface area contributed by atoms with E-state index in [1.807, 2.05) is 18.9 Å². The van der Waals surface area contributed by atoms with Crippen LogP contribution in [0.5, 0.6) is 0 Å². The third-order valence-electron chi connectivity index (χ3n) is 3.14. The molecule has 1 unspecified atom stereocenters. The van der Waals surface area contributed by atoms with Gasteiger partial charge in [0.15, 0.2) is 0 Å². The van der Waals surface area contributed by atoms with Gasteiger partial charge in [-0.1, -0.05) is 0 Å². The Kier molecular flexibility index (Phi) is 3.24. The van der Waals surface area contributed by atoms with Gasteiger partial charge in [-0.2, -0.15) is 5.10 Å². The monoisotopic (exact) mass is 222 g/mol. The van der Waals surface area contributed by atoms with E-state index in [0.717, 1.165) is 31.6 Å². The second-order valence-corrected chi connectivity index (χ2v) is 4.26. The van der Waals surface area contributed by atoms with Gasteiger partial charge in [0.2, 0.25) is 0 Å². The lowest BCUT2D eigenvalue weighted by atomic mass is 10.2. The number of nitrogens with zero attached hydrogens (tertiary/aromatic N) is 2. The molecule has 88 valence electrons. The summed E-state index contributed by atoms with van der Waals surface area (Å²) >= 11 is 0. The van der Waals surface area contributed by atoms with Crippen LogP contribution in [0.2, 0.25) is 0 Å². The Hall–Kier alpha value is -1.36. The number of aromatic nitrogens is 2. The molecule has 0 aliphatic carbocycles. The minimum atomic E-state index is 0.101. The van der Waals surface area contributed by atoms with Crippen LogP contribution in [0, 0.1) is 6.92 Å². The average molecular weight is 222 g/mol. The van der Waals surface area contributed by atoms with E-state index >= 15 is 0 Å². The number of carbonyl (C=O) groups excluding carboxylic acids is 1. The van der Waals surface area contributed by atoms with Crippen molar-refractivity contribution in [2.45, 2.75) is 25.8 Å². The SMILES string of the molecule is CNCC1CCCN1C(=O)c1cn[nH]c1C. The number of nitrogens with one attached hydrogen (secondary N) is 2. The van der Waals surface area contributed by atoms with Crippen LogP contribution >= 0.6 is 0 Å². The molecule has 1 aliphatic rings. The summed E-state index contributed by atoms with van der Waals surface area (Å²) in [4.78, 5) is 14.2. The molecule has 0 spiro atoms. The van der Waals surface area contributed by atoms with E-state index in [9.17, 15) is 4.79 Å². The van der Waals surface area contributed by atoms with Crippen LogP contribution in [-0.2, 0) is 0 Å². The Morgan fingerprint density at radius 1 is 1.75 bits per heavy atom. The van der Waals surface area contributed by atoms with Crippen molar-refractivity contribution >= 4 is 5.91 Å². The van der Waals surface area contributed by atoms with E-state index in [4.69, 9.17) is 0 Å². The molecule has 1 amide bonds. The molecule has 1 aromatic rings. The third kappa shape index (κ3) is 1.95. The van der Waals surface area contributed by atoms with E-state index in [0.29, 0.717) is 11.6 Å². The summed E-state index contributed by atoms with van der Waals surface area (Å²) in [7, 11) is 1.92. The van der Waals surface area contributed by atoms with E-state index in [1.54, 1.807) is 6.20 Å². The summed E-state index contributed by atoms with van der Waals surface area (Å²) in [5, 5.41) is 9.84. The quantitative estimate of drug-likeness (QED) is 0.784. The number of hydrogen-bond acceptors (Lipinski definition) is 3. The van der Waals surface area contributed by atoms with E-state index in [2.05, 4.69) is 15.5 Å². The van der Waals surface area contributed by atoms with Crippen molar-refractivity contribution in [2.24, 2.45) is 0 Å². The van der Waals surface area contributed by atoms with Gasteiger partial charge in [-0.15, -0.1) is 0 Å². The number of amides is 1. The molecular formula is C11H18N4O. The largest absolute Gasteiger partial charge is 0.334 e. The number of aryl methyl sites for hydroxylation is 1. The first-order chi connectivity index (χ1) is 7.74. The molecule has 2 heterocycles. The topological polar surface area (TPSA) is 61.0 Å². The Bertz CT molecular complexity index is 374. The predicted octanol–water partition coefficient (Wildman–Crippen LogP) is 0.542. The van der Waals surface area contributed by atoms with Gasteiger partial charge in [0, 0.05) is 24.8 Å². The molecule has 1 atom stereocenters. The van der Waals surface area contributed by atoms with Gasteiger partial charge in [0.25, 0.3) is 5.91 Å². The second kappa shape index (κ2) is 4.65. The molecule has 5 heteroatoms. The first kappa shape index (κ1) is 11.1. The average Bonchev–Trinajstić information content (AvgIpc) is 2.87. The molecule has 0 saturated carbocycles. The fraction of sp³-hybridized carbons (Fsp3) is 0.636. The van der Waals surface area contributed by atoms with Crippen molar-refractivity contribution in [1.82, 2.24) is 20.4 Å². The highest BCUT2D eigenvalue weighted by Crippen LogP contribution is 2.20. The maximum Gasteiger partial charge on any atom is 0.257 e. The van der Waals surface area contributed by atoms with Crippen molar-refractivity contribution in [1.29, 1.82) is 0 Å². The van der Waals surface area contributed by atoms with Crippen LogP contribution in [-0.4, -0.2) is 47.2 Å². The normalized spacial score (nSPS) is 20.4.